The maximum absolute atomic E-state index is 12.4. The van der Waals surface area contributed by atoms with E-state index in [-0.39, 0.29) is 12.5 Å². The minimum atomic E-state index is -0.853. The molecule has 2 unspecified atom stereocenters. The number of amides is 1. The van der Waals surface area contributed by atoms with Crippen LogP contribution in [-0.2, 0) is 4.79 Å². The molecule has 0 saturated heterocycles. The second kappa shape index (κ2) is 51.4. The van der Waals surface area contributed by atoms with Crippen molar-refractivity contribution in [1.29, 1.82) is 0 Å². The standard InChI is InChI=1S/C57H97NO3/c1-3-5-7-9-11-13-15-17-19-21-23-24-25-26-27-28-29-30-31-32-33-34-35-37-39-41-43-45-47-49-51-53-57(61)58-55(54-59)56(60)52-50-48-46-44-42-40-38-36-22-20-18-16-14-12-10-8-6-4-2/h5,7,11,13,17,19,23-24,26-27,29-30,32-33,35,37,50,52,55-56,59-60H,3-4,6,8-10,12,14-16,18,20-22,25,28,31,34,36,38-49,51,53-54H2,1-2H3,(H,58,61)/b7-5-,13-11-,19-17-,24-23-,27-26-,30-29-,33-32-,37-35-,52-50+. The monoisotopic (exact) mass is 844 g/mol. The highest BCUT2D eigenvalue weighted by Crippen LogP contribution is 2.15. The first-order chi connectivity index (χ1) is 30.2. The summed E-state index contributed by atoms with van der Waals surface area (Å²) in [6, 6.07) is -0.638. The van der Waals surface area contributed by atoms with Gasteiger partial charge in [0.1, 0.15) is 0 Å². The fourth-order valence-corrected chi connectivity index (χ4v) is 7.13. The Hall–Kier alpha value is -2.95. The molecular weight excluding hydrogens is 747 g/mol. The van der Waals surface area contributed by atoms with Crippen LogP contribution in [0.25, 0.3) is 0 Å². The molecule has 0 aliphatic rings. The van der Waals surface area contributed by atoms with Crippen LogP contribution in [0.1, 0.15) is 226 Å². The molecule has 0 aromatic rings. The van der Waals surface area contributed by atoms with E-state index in [0.29, 0.717) is 6.42 Å². The Labute approximate surface area is 378 Å². The first-order valence-electron chi connectivity index (χ1n) is 25.6. The van der Waals surface area contributed by atoms with E-state index >= 15 is 0 Å². The summed E-state index contributed by atoms with van der Waals surface area (Å²) >= 11 is 0. The lowest BCUT2D eigenvalue weighted by atomic mass is 10.0. The van der Waals surface area contributed by atoms with Crippen LogP contribution in [0, 0.1) is 0 Å². The minimum absolute atomic E-state index is 0.0825. The molecule has 0 heterocycles. The summed E-state index contributed by atoms with van der Waals surface area (Å²) in [4.78, 5) is 12.4. The summed E-state index contributed by atoms with van der Waals surface area (Å²) in [5.41, 5.74) is 0. The number of allylic oxidation sites excluding steroid dienone is 17. The molecular formula is C57H97NO3. The van der Waals surface area contributed by atoms with Gasteiger partial charge in [0.25, 0.3) is 0 Å². The highest BCUT2D eigenvalue weighted by atomic mass is 16.3. The van der Waals surface area contributed by atoms with Crippen LogP contribution >= 0.6 is 0 Å². The number of unbranched alkanes of at least 4 members (excludes halogenated alkanes) is 22. The van der Waals surface area contributed by atoms with Gasteiger partial charge in [0, 0.05) is 6.42 Å². The van der Waals surface area contributed by atoms with E-state index in [0.717, 1.165) is 89.9 Å². The fourth-order valence-electron chi connectivity index (χ4n) is 7.13. The zero-order chi connectivity index (χ0) is 44.2. The first kappa shape index (κ1) is 58.0. The van der Waals surface area contributed by atoms with Crippen LogP contribution in [0.4, 0.5) is 0 Å². The van der Waals surface area contributed by atoms with Crippen molar-refractivity contribution in [2.24, 2.45) is 0 Å². The van der Waals surface area contributed by atoms with Crippen molar-refractivity contribution >= 4 is 5.91 Å². The Morgan fingerprint density at radius 1 is 0.410 bits per heavy atom. The van der Waals surface area contributed by atoms with E-state index in [2.05, 4.69) is 116 Å². The van der Waals surface area contributed by atoms with Gasteiger partial charge in [-0.2, -0.15) is 0 Å². The van der Waals surface area contributed by atoms with Crippen molar-refractivity contribution in [3.05, 3.63) is 109 Å². The lowest BCUT2D eigenvalue weighted by Gasteiger charge is -2.20. The van der Waals surface area contributed by atoms with E-state index < -0.39 is 12.1 Å². The highest BCUT2D eigenvalue weighted by Gasteiger charge is 2.17. The molecule has 0 radical (unpaired) electrons. The van der Waals surface area contributed by atoms with Crippen LogP contribution < -0.4 is 5.32 Å². The molecule has 0 fully saturated rings. The van der Waals surface area contributed by atoms with Crippen LogP contribution in [0.5, 0.6) is 0 Å². The number of hydrogen-bond donors (Lipinski definition) is 3. The van der Waals surface area contributed by atoms with Gasteiger partial charge in [-0.25, -0.2) is 0 Å². The van der Waals surface area contributed by atoms with Gasteiger partial charge in [-0.3, -0.25) is 4.79 Å². The molecule has 0 saturated carbocycles. The number of aliphatic hydroxyl groups is 2. The summed E-state index contributed by atoms with van der Waals surface area (Å²) in [6.07, 6.45) is 77.8. The van der Waals surface area contributed by atoms with Crippen molar-refractivity contribution in [2.45, 2.75) is 238 Å². The van der Waals surface area contributed by atoms with E-state index in [1.54, 1.807) is 6.08 Å². The molecule has 61 heavy (non-hydrogen) atoms. The Morgan fingerprint density at radius 3 is 1.08 bits per heavy atom. The molecule has 0 aliphatic carbocycles. The van der Waals surface area contributed by atoms with Gasteiger partial charge in [0.15, 0.2) is 0 Å². The number of hydrogen-bond acceptors (Lipinski definition) is 3. The lowest BCUT2D eigenvalue weighted by molar-refractivity contribution is -0.123. The number of aliphatic hydroxyl groups excluding tert-OH is 2. The minimum Gasteiger partial charge on any atom is -0.394 e. The van der Waals surface area contributed by atoms with Crippen molar-refractivity contribution in [3.63, 3.8) is 0 Å². The Morgan fingerprint density at radius 2 is 0.721 bits per heavy atom. The van der Waals surface area contributed by atoms with E-state index in [9.17, 15) is 15.0 Å². The largest absolute Gasteiger partial charge is 0.394 e. The van der Waals surface area contributed by atoms with Gasteiger partial charge in [-0.15, -0.1) is 0 Å². The van der Waals surface area contributed by atoms with Crippen LogP contribution in [0.3, 0.4) is 0 Å². The van der Waals surface area contributed by atoms with E-state index in [1.807, 2.05) is 6.08 Å². The molecule has 2 atom stereocenters. The number of rotatable bonds is 45. The Kier molecular flexibility index (Phi) is 48.9. The third-order valence-electron chi connectivity index (χ3n) is 11.0. The SMILES string of the molecule is CC/C=C\C/C=C\C/C=C\C/C=C\C/C=C\C/C=C\C/C=C\C/C=C\CCCCCCCCC(=O)NC(CO)C(O)/C=C/CCCCCCCCCCCCCCCCCC. The Balaban J connectivity index is 3.66. The molecule has 0 bridgehead atoms. The molecule has 0 spiro atoms. The highest BCUT2D eigenvalue weighted by molar-refractivity contribution is 5.76. The maximum Gasteiger partial charge on any atom is 0.220 e. The number of carbonyl (C=O) groups excluding carboxylic acids is 1. The second-order valence-corrected chi connectivity index (χ2v) is 16.9. The molecule has 348 valence electrons. The predicted molar refractivity (Wildman–Crippen MR) is 271 cm³/mol. The van der Waals surface area contributed by atoms with Crippen molar-refractivity contribution < 1.29 is 15.0 Å². The van der Waals surface area contributed by atoms with Gasteiger partial charge in [0.05, 0.1) is 18.8 Å². The smallest absolute Gasteiger partial charge is 0.220 e. The average molecular weight is 844 g/mol. The summed E-state index contributed by atoms with van der Waals surface area (Å²) in [5.74, 6) is -0.0825. The number of carbonyl (C=O) groups is 1. The van der Waals surface area contributed by atoms with Crippen LogP contribution in [0.2, 0.25) is 0 Å². The first-order valence-corrected chi connectivity index (χ1v) is 25.6. The molecule has 0 aromatic carbocycles. The third-order valence-corrected chi connectivity index (χ3v) is 11.0. The van der Waals surface area contributed by atoms with Crippen molar-refractivity contribution in [3.8, 4) is 0 Å². The summed E-state index contributed by atoms with van der Waals surface area (Å²) < 4.78 is 0. The maximum atomic E-state index is 12.4. The molecule has 3 N–H and O–H groups in total. The zero-order valence-corrected chi connectivity index (χ0v) is 39.9. The molecule has 0 aliphatic heterocycles. The normalized spacial score (nSPS) is 13.8. The Bertz CT molecular complexity index is 1180. The van der Waals surface area contributed by atoms with E-state index in [4.69, 9.17) is 0 Å². The van der Waals surface area contributed by atoms with E-state index in [1.165, 1.54) is 116 Å². The van der Waals surface area contributed by atoms with Gasteiger partial charge in [0.2, 0.25) is 5.91 Å². The summed E-state index contributed by atoms with van der Waals surface area (Å²) in [5, 5.41) is 23.1. The fraction of sp³-hybridized carbons (Fsp3) is 0.667. The quantitative estimate of drug-likeness (QED) is 0.0422. The molecule has 4 heteroatoms. The second-order valence-electron chi connectivity index (χ2n) is 16.9. The topological polar surface area (TPSA) is 69.6 Å². The lowest BCUT2D eigenvalue weighted by Crippen LogP contribution is -2.45. The van der Waals surface area contributed by atoms with Crippen LogP contribution in [-0.4, -0.2) is 34.9 Å². The van der Waals surface area contributed by atoms with Crippen LogP contribution in [0.15, 0.2) is 109 Å². The predicted octanol–water partition coefficient (Wildman–Crippen LogP) is 16.7. The zero-order valence-electron chi connectivity index (χ0n) is 39.9. The number of nitrogens with one attached hydrogen (secondary N) is 1. The molecule has 1 amide bonds. The molecule has 4 nitrogen and oxygen atoms in total. The average Bonchev–Trinajstić information content (AvgIpc) is 3.26. The van der Waals surface area contributed by atoms with Crippen molar-refractivity contribution in [1.82, 2.24) is 5.32 Å². The van der Waals surface area contributed by atoms with Gasteiger partial charge in [-0.1, -0.05) is 245 Å². The van der Waals surface area contributed by atoms with Gasteiger partial charge in [-0.05, 0) is 83.5 Å². The summed E-state index contributed by atoms with van der Waals surface area (Å²) in [7, 11) is 0. The molecule has 0 aromatic heterocycles. The van der Waals surface area contributed by atoms with Crippen molar-refractivity contribution in [2.75, 3.05) is 6.61 Å². The van der Waals surface area contributed by atoms with Gasteiger partial charge >= 0.3 is 0 Å². The van der Waals surface area contributed by atoms with Gasteiger partial charge < -0.3 is 15.5 Å². The summed E-state index contributed by atoms with van der Waals surface area (Å²) in [6.45, 7) is 4.19. The molecule has 0 rings (SSSR count). The third kappa shape index (κ3) is 47.9.